The van der Waals surface area contributed by atoms with Gasteiger partial charge in [-0.05, 0) is 43.2 Å². The minimum absolute atomic E-state index is 0.0526. The minimum atomic E-state index is -2.73. The van der Waals surface area contributed by atoms with Crippen LogP contribution in [0.1, 0.15) is 43.6 Å². The number of ether oxygens (including phenoxy) is 1. The first-order valence-electron chi connectivity index (χ1n) is 9.51. The number of nitrogens with two attached hydrogens (primary N) is 1. The average Bonchev–Trinajstić information content (AvgIpc) is 3.40. The predicted molar refractivity (Wildman–Crippen MR) is 99.5 cm³/mol. The highest BCUT2D eigenvalue weighted by molar-refractivity contribution is 5.96. The van der Waals surface area contributed by atoms with E-state index in [0.29, 0.717) is 24.6 Å². The van der Waals surface area contributed by atoms with Crippen LogP contribution in [-0.4, -0.2) is 48.5 Å². The molecule has 2 amide bonds. The SMILES string of the molecule is CC(C)CC(NC(=O)c1ccc(N2CC(F)(F)C2)c(OCC2CC2)n1)C(N)=O. The Labute approximate surface area is 162 Å². The van der Waals surface area contributed by atoms with Crippen molar-refractivity contribution in [3.8, 4) is 5.88 Å². The fourth-order valence-electron chi connectivity index (χ4n) is 3.02. The van der Waals surface area contributed by atoms with Crippen molar-refractivity contribution in [3.63, 3.8) is 0 Å². The van der Waals surface area contributed by atoms with Crippen LogP contribution in [0.5, 0.6) is 5.88 Å². The monoisotopic (exact) mass is 396 g/mol. The van der Waals surface area contributed by atoms with E-state index in [1.807, 2.05) is 13.8 Å². The van der Waals surface area contributed by atoms with Crippen LogP contribution in [-0.2, 0) is 4.79 Å². The second-order valence-corrected chi connectivity index (χ2v) is 8.05. The Morgan fingerprint density at radius 3 is 2.57 bits per heavy atom. The molecular formula is C19H26F2N4O3. The first kappa shape index (κ1) is 20.3. The quantitative estimate of drug-likeness (QED) is 0.665. The molecule has 2 heterocycles. The summed E-state index contributed by atoms with van der Waals surface area (Å²) < 4.78 is 32.2. The molecule has 2 aliphatic rings. The molecular weight excluding hydrogens is 370 g/mol. The van der Waals surface area contributed by atoms with Gasteiger partial charge in [-0.15, -0.1) is 0 Å². The van der Waals surface area contributed by atoms with Crippen molar-refractivity contribution in [3.05, 3.63) is 17.8 Å². The van der Waals surface area contributed by atoms with Crippen molar-refractivity contribution in [2.45, 2.75) is 45.1 Å². The zero-order chi connectivity index (χ0) is 20.5. The lowest BCUT2D eigenvalue weighted by Gasteiger charge is -2.40. The maximum atomic E-state index is 13.2. The first-order chi connectivity index (χ1) is 13.1. The van der Waals surface area contributed by atoms with E-state index in [-0.39, 0.29) is 17.5 Å². The van der Waals surface area contributed by atoms with Crippen molar-refractivity contribution in [2.75, 3.05) is 24.6 Å². The molecule has 154 valence electrons. The van der Waals surface area contributed by atoms with Crippen molar-refractivity contribution in [1.29, 1.82) is 0 Å². The Hall–Kier alpha value is -2.45. The predicted octanol–water partition coefficient (Wildman–Crippen LogP) is 1.96. The van der Waals surface area contributed by atoms with Crippen LogP contribution >= 0.6 is 0 Å². The number of nitrogens with one attached hydrogen (secondary N) is 1. The smallest absolute Gasteiger partial charge is 0.282 e. The molecule has 1 aliphatic carbocycles. The van der Waals surface area contributed by atoms with E-state index < -0.39 is 36.9 Å². The molecule has 28 heavy (non-hydrogen) atoms. The van der Waals surface area contributed by atoms with Gasteiger partial charge in [-0.2, -0.15) is 0 Å². The van der Waals surface area contributed by atoms with E-state index in [1.165, 1.54) is 11.0 Å². The van der Waals surface area contributed by atoms with Gasteiger partial charge < -0.3 is 20.7 Å². The summed E-state index contributed by atoms with van der Waals surface area (Å²) in [7, 11) is 0. The topological polar surface area (TPSA) is 97.6 Å². The van der Waals surface area contributed by atoms with Gasteiger partial charge in [0, 0.05) is 0 Å². The zero-order valence-electron chi connectivity index (χ0n) is 16.1. The second kappa shape index (κ2) is 7.89. The molecule has 1 saturated carbocycles. The van der Waals surface area contributed by atoms with Gasteiger partial charge in [-0.25, -0.2) is 13.8 Å². The fourth-order valence-corrected chi connectivity index (χ4v) is 3.02. The number of anilines is 1. The number of amides is 2. The normalized spacial score (nSPS) is 19.1. The summed E-state index contributed by atoms with van der Waals surface area (Å²) in [6.45, 7) is 3.46. The molecule has 0 spiro atoms. The van der Waals surface area contributed by atoms with Gasteiger partial charge in [0.05, 0.1) is 19.7 Å². The number of hydrogen-bond donors (Lipinski definition) is 2. The van der Waals surface area contributed by atoms with Crippen LogP contribution < -0.4 is 20.7 Å². The molecule has 1 atom stereocenters. The molecule has 1 saturated heterocycles. The number of alkyl halides is 2. The van der Waals surface area contributed by atoms with Gasteiger partial charge in [-0.1, -0.05) is 13.8 Å². The summed E-state index contributed by atoms with van der Waals surface area (Å²) in [6.07, 6.45) is 2.53. The molecule has 0 bridgehead atoms. The maximum absolute atomic E-state index is 13.2. The van der Waals surface area contributed by atoms with Crippen LogP contribution in [0.2, 0.25) is 0 Å². The Morgan fingerprint density at radius 2 is 2.04 bits per heavy atom. The second-order valence-electron chi connectivity index (χ2n) is 8.05. The van der Waals surface area contributed by atoms with Gasteiger partial charge >= 0.3 is 0 Å². The summed E-state index contributed by atoms with van der Waals surface area (Å²) in [5, 5.41) is 2.59. The third-order valence-electron chi connectivity index (χ3n) is 4.77. The Balaban J connectivity index is 1.75. The number of hydrogen-bond acceptors (Lipinski definition) is 5. The lowest BCUT2D eigenvalue weighted by molar-refractivity contribution is -0.120. The number of pyridine rings is 1. The molecule has 1 aliphatic heterocycles. The Bertz CT molecular complexity index is 745. The lowest BCUT2D eigenvalue weighted by atomic mass is 10.0. The Kier molecular flexibility index (Phi) is 5.71. The van der Waals surface area contributed by atoms with Crippen LogP contribution in [0, 0.1) is 11.8 Å². The number of nitrogens with zero attached hydrogens (tertiary/aromatic N) is 2. The van der Waals surface area contributed by atoms with E-state index in [0.717, 1.165) is 12.8 Å². The summed E-state index contributed by atoms with van der Waals surface area (Å²) in [4.78, 5) is 29.8. The zero-order valence-corrected chi connectivity index (χ0v) is 16.1. The van der Waals surface area contributed by atoms with Gasteiger partial charge in [0.2, 0.25) is 11.8 Å². The molecule has 9 heteroatoms. The third kappa shape index (κ3) is 5.08. The van der Waals surface area contributed by atoms with Crippen LogP contribution in [0.15, 0.2) is 12.1 Å². The molecule has 1 aromatic heterocycles. The minimum Gasteiger partial charge on any atom is -0.476 e. The number of halogens is 2. The maximum Gasteiger partial charge on any atom is 0.282 e. The van der Waals surface area contributed by atoms with Crippen molar-refractivity contribution >= 4 is 17.5 Å². The van der Waals surface area contributed by atoms with Gasteiger partial charge in [-0.3, -0.25) is 9.59 Å². The Morgan fingerprint density at radius 1 is 1.36 bits per heavy atom. The summed E-state index contributed by atoms with van der Waals surface area (Å²) in [6, 6.07) is 2.19. The van der Waals surface area contributed by atoms with Crippen molar-refractivity contribution in [1.82, 2.24) is 10.3 Å². The van der Waals surface area contributed by atoms with Gasteiger partial charge in [0.1, 0.15) is 17.4 Å². The van der Waals surface area contributed by atoms with E-state index in [4.69, 9.17) is 10.5 Å². The van der Waals surface area contributed by atoms with E-state index in [2.05, 4.69) is 10.3 Å². The molecule has 2 fully saturated rings. The van der Waals surface area contributed by atoms with Gasteiger partial charge in [0.15, 0.2) is 0 Å². The molecule has 1 unspecified atom stereocenters. The number of primary amides is 1. The third-order valence-corrected chi connectivity index (χ3v) is 4.77. The standard InChI is InChI=1S/C19H26F2N4O3/c1-11(2)7-14(16(22)26)23-17(27)13-5-6-15(25-9-19(20,21)10-25)18(24-13)28-8-12-3-4-12/h5-6,11-12,14H,3-4,7-10H2,1-2H3,(H2,22,26)(H,23,27). The highest BCUT2D eigenvalue weighted by Gasteiger charge is 2.45. The van der Waals surface area contributed by atoms with Crippen molar-refractivity contribution in [2.24, 2.45) is 17.6 Å². The molecule has 0 radical (unpaired) electrons. The highest BCUT2D eigenvalue weighted by Crippen LogP contribution is 2.37. The molecule has 1 aromatic rings. The number of carbonyl (C=O) groups is 2. The average molecular weight is 396 g/mol. The van der Waals surface area contributed by atoms with Crippen LogP contribution in [0.25, 0.3) is 0 Å². The van der Waals surface area contributed by atoms with E-state index in [9.17, 15) is 18.4 Å². The number of aromatic nitrogens is 1. The van der Waals surface area contributed by atoms with Crippen molar-refractivity contribution < 1.29 is 23.1 Å². The number of carbonyl (C=O) groups excluding carboxylic acids is 2. The largest absolute Gasteiger partial charge is 0.476 e. The summed E-state index contributed by atoms with van der Waals surface area (Å²) >= 11 is 0. The van der Waals surface area contributed by atoms with E-state index in [1.54, 1.807) is 6.07 Å². The van der Waals surface area contributed by atoms with Crippen LogP contribution in [0.3, 0.4) is 0 Å². The molecule has 3 rings (SSSR count). The van der Waals surface area contributed by atoms with Gasteiger partial charge in [0.25, 0.3) is 11.8 Å². The number of rotatable bonds is 9. The lowest BCUT2D eigenvalue weighted by Crippen LogP contribution is -2.56. The highest BCUT2D eigenvalue weighted by atomic mass is 19.3. The first-order valence-corrected chi connectivity index (χ1v) is 9.51. The molecule has 3 N–H and O–H groups in total. The van der Waals surface area contributed by atoms with Crippen LogP contribution in [0.4, 0.5) is 14.5 Å². The molecule has 7 nitrogen and oxygen atoms in total. The fraction of sp³-hybridized carbons (Fsp3) is 0.632. The summed E-state index contributed by atoms with van der Waals surface area (Å²) in [5.74, 6) is -3.13. The summed E-state index contributed by atoms with van der Waals surface area (Å²) in [5.41, 5.74) is 5.86. The van der Waals surface area contributed by atoms with E-state index >= 15 is 0 Å². The molecule has 0 aromatic carbocycles.